The summed E-state index contributed by atoms with van der Waals surface area (Å²) in [6.45, 7) is 2.36. The van der Waals surface area contributed by atoms with Gasteiger partial charge in [0.2, 0.25) is 5.91 Å². The zero-order valence-electron chi connectivity index (χ0n) is 15.8. The summed E-state index contributed by atoms with van der Waals surface area (Å²) in [5.41, 5.74) is 2.25. The molecule has 0 N–H and O–H groups in total. The zero-order valence-corrected chi connectivity index (χ0v) is 15.8. The Labute approximate surface area is 158 Å². The van der Waals surface area contributed by atoms with Crippen molar-refractivity contribution in [3.63, 3.8) is 0 Å². The van der Waals surface area contributed by atoms with Crippen LogP contribution >= 0.6 is 0 Å². The fourth-order valence-electron chi connectivity index (χ4n) is 4.17. The first-order valence-corrected chi connectivity index (χ1v) is 9.71. The van der Waals surface area contributed by atoms with Crippen LogP contribution in [0, 0.1) is 5.92 Å². The number of para-hydroxylation sites is 1. The highest BCUT2D eigenvalue weighted by atomic mass is 16.5. The molecule has 0 radical (unpaired) electrons. The van der Waals surface area contributed by atoms with Gasteiger partial charge < -0.3 is 9.64 Å². The summed E-state index contributed by atoms with van der Waals surface area (Å²) in [6.07, 6.45) is 3.94. The fourth-order valence-corrected chi connectivity index (χ4v) is 4.17. The molecule has 7 heteroatoms. The molecule has 1 aromatic carbocycles. The summed E-state index contributed by atoms with van der Waals surface area (Å²) >= 11 is 0. The average molecular weight is 370 g/mol. The fraction of sp³-hybridized carbons (Fsp3) is 0.550. The normalized spacial score (nSPS) is 18.9. The number of aryl methyl sites for hydroxylation is 1. The molecule has 0 bridgehead atoms. The molecular weight excluding hydrogens is 344 g/mol. The molecule has 2 aliphatic heterocycles. The van der Waals surface area contributed by atoms with Gasteiger partial charge in [-0.15, -0.1) is 0 Å². The van der Waals surface area contributed by atoms with Crippen molar-refractivity contribution >= 4 is 11.6 Å². The van der Waals surface area contributed by atoms with E-state index in [1.54, 1.807) is 11.7 Å². The van der Waals surface area contributed by atoms with Gasteiger partial charge in [0, 0.05) is 38.7 Å². The van der Waals surface area contributed by atoms with Gasteiger partial charge in [0.1, 0.15) is 5.82 Å². The van der Waals surface area contributed by atoms with Crippen LogP contribution in [-0.4, -0.2) is 40.5 Å². The summed E-state index contributed by atoms with van der Waals surface area (Å²) in [5.74, 6) is 1.32. The summed E-state index contributed by atoms with van der Waals surface area (Å²) in [7, 11) is 1.62. The number of aromatic nitrogens is 3. The molecule has 1 aromatic heterocycles. The molecule has 144 valence electrons. The van der Waals surface area contributed by atoms with E-state index in [0.717, 1.165) is 43.7 Å². The van der Waals surface area contributed by atoms with E-state index in [1.165, 1.54) is 10.2 Å². The highest BCUT2D eigenvalue weighted by Gasteiger charge is 2.28. The molecule has 1 amide bonds. The average Bonchev–Trinajstić information content (AvgIpc) is 3.17. The summed E-state index contributed by atoms with van der Waals surface area (Å²) in [6, 6.07) is 8.15. The van der Waals surface area contributed by atoms with Gasteiger partial charge in [-0.05, 0) is 36.8 Å². The number of carbonyl (C=O) groups is 1. The molecule has 3 heterocycles. The lowest BCUT2D eigenvalue weighted by Crippen LogP contribution is -2.31. The molecule has 27 heavy (non-hydrogen) atoms. The number of ether oxygens (including phenoxy) is 1. The standard InChI is InChI=1S/C20H26N4O3/c1-27-13-12-24-20(26)23-10-8-15(6-7-18(23)21-24)14-19(25)22-11-9-16-4-2-3-5-17(16)22/h2-5,15H,6-14H2,1H3. The largest absolute Gasteiger partial charge is 0.383 e. The van der Waals surface area contributed by atoms with Crippen molar-refractivity contribution in [2.45, 2.75) is 45.2 Å². The molecule has 7 nitrogen and oxygen atoms in total. The molecule has 1 unspecified atom stereocenters. The Morgan fingerprint density at radius 3 is 2.93 bits per heavy atom. The Morgan fingerprint density at radius 2 is 2.07 bits per heavy atom. The van der Waals surface area contributed by atoms with E-state index in [-0.39, 0.29) is 11.6 Å². The van der Waals surface area contributed by atoms with E-state index in [1.807, 2.05) is 23.1 Å². The number of hydrogen-bond acceptors (Lipinski definition) is 4. The molecule has 0 saturated heterocycles. The number of anilines is 1. The van der Waals surface area contributed by atoms with Crippen molar-refractivity contribution in [2.24, 2.45) is 5.92 Å². The molecule has 0 saturated carbocycles. The Kier molecular flexibility index (Phi) is 5.11. The van der Waals surface area contributed by atoms with Crippen molar-refractivity contribution in [2.75, 3.05) is 25.2 Å². The van der Waals surface area contributed by atoms with Crippen molar-refractivity contribution in [3.8, 4) is 0 Å². The lowest BCUT2D eigenvalue weighted by atomic mass is 9.96. The van der Waals surface area contributed by atoms with Crippen molar-refractivity contribution < 1.29 is 9.53 Å². The second-order valence-corrected chi connectivity index (χ2v) is 7.39. The topological polar surface area (TPSA) is 69.4 Å². The summed E-state index contributed by atoms with van der Waals surface area (Å²) in [5, 5.41) is 4.46. The lowest BCUT2D eigenvalue weighted by Gasteiger charge is -2.21. The van der Waals surface area contributed by atoms with Crippen molar-refractivity contribution in [3.05, 3.63) is 46.1 Å². The number of benzene rings is 1. The summed E-state index contributed by atoms with van der Waals surface area (Å²) < 4.78 is 8.30. The molecule has 0 spiro atoms. The van der Waals surface area contributed by atoms with Crippen LogP contribution in [0.3, 0.4) is 0 Å². The molecule has 1 atom stereocenters. The number of fused-ring (bicyclic) bond motifs is 2. The Morgan fingerprint density at radius 1 is 1.22 bits per heavy atom. The molecule has 2 aliphatic rings. The maximum absolute atomic E-state index is 12.9. The van der Waals surface area contributed by atoms with Gasteiger partial charge in [0.05, 0.1) is 13.2 Å². The Hall–Kier alpha value is -2.41. The first-order chi connectivity index (χ1) is 13.2. The van der Waals surface area contributed by atoms with Crippen LogP contribution in [0.2, 0.25) is 0 Å². The monoisotopic (exact) mass is 370 g/mol. The lowest BCUT2D eigenvalue weighted by molar-refractivity contribution is -0.119. The zero-order chi connectivity index (χ0) is 18.8. The quantitative estimate of drug-likeness (QED) is 0.802. The molecule has 4 rings (SSSR count). The third-order valence-electron chi connectivity index (χ3n) is 5.70. The molecule has 2 aromatic rings. The van der Waals surface area contributed by atoms with E-state index in [0.29, 0.717) is 32.0 Å². The van der Waals surface area contributed by atoms with Crippen LogP contribution in [0.4, 0.5) is 5.69 Å². The first-order valence-electron chi connectivity index (χ1n) is 9.71. The van der Waals surface area contributed by atoms with Gasteiger partial charge in [-0.2, -0.15) is 5.10 Å². The second kappa shape index (κ2) is 7.68. The Balaban J connectivity index is 1.40. The van der Waals surface area contributed by atoms with Crippen LogP contribution in [0.5, 0.6) is 0 Å². The van der Waals surface area contributed by atoms with Crippen LogP contribution in [0.1, 0.15) is 30.7 Å². The third kappa shape index (κ3) is 3.56. The SMILES string of the molecule is COCCn1nc2n(c1=O)CCC(CC(=O)N1CCc3ccccc31)CC2. The van der Waals surface area contributed by atoms with Gasteiger partial charge in [0.15, 0.2) is 0 Å². The number of methoxy groups -OCH3 is 1. The minimum absolute atomic E-state index is 0.0671. The van der Waals surface area contributed by atoms with Gasteiger partial charge in [0.25, 0.3) is 0 Å². The van der Waals surface area contributed by atoms with Crippen LogP contribution < -0.4 is 10.6 Å². The number of nitrogens with zero attached hydrogens (tertiary/aromatic N) is 4. The van der Waals surface area contributed by atoms with Crippen molar-refractivity contribution in [1.82, 2.24) is 14.3 Å². The van der Waals surface area contributed by atoms with E-state index < -0.39 is 0 Å². The van der Waals surface area contributed by atoms with Crippen molar-refractivity contribution in [1.29, 1.82) is 0 Å². The van der Waals surface area contributed by atoms with E-state index in [2.05, 4.69) is 11.2 Å². The maximum atomic E-state index is 12.9. The summed E-state index contributed by atoms with van der Waals surface area (Å²) in [4.78, 5) is 27.3. The second-order valence-electron chi connectivity index (χ2n) is 7.39. The van der Waals surface area contributed by atoms with E-state index in [4.69, 9.17) is 4.74 Å². The van der Waals surface area contributed by atoms with Gasteiger partial charge in [-0.1, -0.05) is 18.2 Å². The highest BCUT2D eigenvalue weighted by Crippen LogP contribution is 2.30. The molecular formula is C20H26N4O3. The first kappa shape index (κ1) is 18.0. The number of rotatable bonds is 5. The van der Waals surface area contributed by atoms with Gasteiger partial charge in [-0.25, -0.2) is 9.48 Å². The smallest absolute Gasteiger partial charge is 0.345 e. The minimum Gasteiger partial charge on any atom is -0.383 e. The third-order valence-corrected chi connectivity index (χ3v) is 5.70. The molecule has 0 aliphatic carbocycles. The van der Waals surface area contributed by atoms with Crippen LogP contribution in [-0.2, 0) is 35.5 Å². The highest BCUT2D eigenvalue weighted by molar-refractivity contribution is 5.95. The van der Waals surface area contributed by atoms with E-state index in [9.17, 15) is 9.59 Å². The van der Waals surface area contributed by atoms with Crippen LogP contribution in [0.25, 0.3) is 0 Å². The number of carbonyl (C=O) groups excluding carboxylic acids is 1. The number of amides is 1. The minimum atomic E-state index is -0.0671. The molecule has 0 fully saturated rings. The predicted octanol–water partition coefficient (Wildman–Crippen LogP) is 1.62. The van der Waals surface area contributed by atoms with Crippen LogP contribution in [0.15, 0.2) is 29.1 Å². The number of hydrogen-bond donors (Lipinski definition) is 0. The van der Waals surface area contributed by atoms with Gasteiger partial charge >= 0.3 is 5.69 Å². The van der Waals surface area contributed by atoms with Gasteiger partial charge in [-0.3, -0.25) is 9.36 Å². The maximum Gasteiger partial charge on any atom is 0.345 e. The Bertz CT molecular complexity index is 886. The van der Waals surface area contributed by atoms with E-state index >= 15 is 0 Å². The predicted molar refractivity (Wildman–Crippen MR) is 102 cm³/mol.